The predicted molar refractivity (Wildman–Crippen MR) is 132 cm³/mol. The van der Waals surface area contributed by atoms with E-state index in [9.17, 15) is 14.4 Å². The maximum Gasteiger partial charge on any atom is 0.305 e. The van der Waals surface area contributed by atoms with Gasteiger partial charge in [-0.2, -0.15) is 0 Å². The van der Waals surface area contributed by atoms with Crippen molar-refractivity contribution >= 4 is 17.9 Å². The first-order chi connectivity index (χ1) is 16.5. The number of hydrogen-bond acceptors (Lipinski definition) is 6. The van der Waals surface area contributed by atoms with Gasteiger partial charge in [-0.3, -0.25) is 14.4 Å². The number of carbonyl (C=O) groups is 3. The van der Waals surface area contributed by atoms with E-state index in [4.69, 9.17) is 14.2 Å². The molecule has 0 amide bonds. The van der Waals surface area contributed by atoms with E-state index in [0.29, 0.717) is 41.9 Å². The molecule has 4 aliphatic carbocycles. The average molecular weight is 491 g/mol. The van der Waals surface area contributed by atoms with Crippen molar-refractivity contribution in [2.75, 3.05) is 7.11 Å². The zero-order valence-corrected chi connectivity index (χ0v) is 22.6. The number of carbonyl (C=O) groups excluding carboxylic acids is 3. The monoisotopic (exact) mass is 490 g/mol. The fourth-order valence-corrected chi connectivity index (χ4v) is 9.46. The van der Waals surface area contributed by atoms with Gasteiger partial charge >= 0.3 is 17.9 Å². The molecule has 0 radical (unpaired) electrons. The lowest BCUT2D eigenvalue weighted by atomic mass is 9.43. The Morgan fingerprint density at radius 2 is 1.54 bits per heavy atom. The molecule has 0 aliphatic heterocycles. The Morgan fingerprint density at radius 3 is 2.20 bits per heavy atom. The summed E-state index contributed by atoms with van der Waals surface area (Å²) in [6.45, 7) is 10.3. The van der Waals surface area contributed by atoms with Crippen molar-refractivity contribution in [1.29, 1.82) is 0 Å². The molecule has 0 heterocycles. The molecule has 198 valence electrons. The Kier molecular flexibility index (Phi) is 7.60. The summed E-state index contributed by atoms with van der Waals surface area (Å²) in [5.41, 5.74) is 0.418. The fourth-order valence-electron chi connectivity index (χ4n) is 9.46. The highest BCUT2D eigenvalue weighted by atomic mass is 16.5. The summed E-state index contributed by atoms with van der Waals surface area (Å²) in [5, 5.41) is 0. The Labute approximate surface area is 211 Å². The molecule has 4 fully saturated rings. The lowest BCUT2D eigenvalue weighted by molar-refractivity contribution is -0.197. The fraction of sp³-hybridized carbons (Fsp3) is 0.897. The summed E-state index contributed by atoms with van der Waals surface area (Å²) in [6.07, 6.45) is 9.80. The Bertz CT molecular complexity index is 824. The Balaban J connectivity index is 1.57. The van der Waals surface area contributed by atoms with Crippen molar-refractivity contribution in [1.82, 2.24) is 0 Å². The molecule has 0 N–H and O–H groups in total. The third-order valence-electron chi connectivity index (χ3n) is 11.1. The summed E-state index contributed by atoms with van der Waals surface area (Å²) in [6, 6.07) is 0. The van der Waals surface area contributed by atoms with E-state index in [-0.39, 0.29) is 40.9 Å². The number of fused-ring (bicyclic) bond motifs is 5. The molecular formula is C29H46O6. The summed E-state index contributed by atoms with van der Waals surface area (Å²) in [4.78, 5) is 35.6. The molecular weight excluding hydrogens is 444 g/mol. The molecule has 6 heteroatoms. The molecule has 10 atom stereocenters. The minimum Gasteiger partial charge on any atom is -0.469 e. The average Bonchev–Trinajstić information content (AvgIpc) is 3.14. The van der Waals surface area contributed by atoms with Gasteiger partial charge in [0.05, 0.1) is 7.11 Å². The van der Waals surface area contributed by atoms with Gasteiger partial charge in [0.2, 0.25) is 0 Å². The quantitative estimate of drug-likeness (QED) is 0.351. The first-order valence-corrected chi connectivity index (χ1v) is 13.9. The van der Waals surface area contributed by atoms with Crippen molar-refractivity contribution < 1.29 is 28.6 Å². The molecule has 0 spiro atoms. The van der Waals surface area contributed by atoms with Gasteiger partial charge in [-0.15, -0.1) is 0 Å². The van der Waals surface area contributed by atoms with Crippen molar-refractivity contribution in [3.05, 3.63) is 0 Å². The molecule has 4 saturated carbocycles. The second kappa shape index (κ2) is 10.0. The van der Waals surface area contributed by atoms with E-state index in [2.05, 4.69) is 20.8 Å². The SMILES string of the molecule is COC(=O)CC[C@H](C)[C@@H]1CC[C@@H]2[C@@H]3[C@@H](CC[C@]21C)[C@@]1(C)CC[C@H](OC(C)=O)C[C@@H]1C[C@H]3OC(C)=O. The van der Waals surface area contributed by atoms with Gasteiger partial charge in [0.25, 0.3) is 0 Å². The van der Waals surface area contributed by atoms with Gasteiger partial charge in [-0.1, -0.05) is 20.8 Å². The highest BCUT2D eigenvalue weighted by molar-refractivity contribution is 5.69. The Hall–Kier alpha value is -1.59. The van der Waals surface area contributed by atoms with Crippen LogP contribution in [0.1, 0.15) is 98.8 Å². The van der Waals surface area contributed by atoms with Gasteiger partial charge in [0.15, 0.2) is 0 Å². The molecule has 4 aliphatic rings. The lowest BCUT2D eigenvalue weighted by Crippen LogP contribution is -2.59. The summed E-state index contributed by atoms with van der Waals surface area (Å²) in [5.74, 6) is 2.43. The highest BCUT2D eigenvalue weighted by Crippen LogP contribution is 2.68. The molecule has 0 bridgehead atoms. The van der Waals surface area contributed by atoms with Crippen LogP contribution in [0.2, 0.25) is 0 Å². The topological polar surface area (TPSA) is 78.9 Å². The number of ether oxygens (including phenoxy) is 3. The van der Waals surface area contributed by atoms with Gasteiger partial charge in [0.1, 0.15) is 12.2 Å². The van der Waals surface area contributed by atoms with Crippen LogP contribution in [-0.4, -0.2) is 37.2 Å². The number of hydrogen-bond donors (Lipinski definition) is 0. The molecule has 0 saturated heterocycles. The van der Waals surface area contributed by atoms with Crippen molar-refractivity contribution in [3.63, 3.8) is 0 Å². The number of esters is 3. The van der Waals surface area contributed by atoms with Crippen LogP contribution in [-0.2, 0) is 28.6 Å². The third kappa shape index (κ3) is 4.87. The molecule has 4 rings (SSSR count). The zero-order chi connectivity index (χ0) is 25.5. The molecule has 0 unspecified atom stereocenters. The van der Waals surface area contributed by atoms with E-state index in [0.717, 1.165) is 32.1 Å². The highest BCUT2D eigenvalue weighted by Gasteiger charge is 2.63. The standard InChI is InChI=1S/C29H46O6/c1-17(7-10-26(32)33-6)22-8-9-23-27-24(12-14-29(22,23)5)28(4)13-11-21(34-18(2)30)15-20(28)16-25(27)35-19(3)31/h17,20-25,27H,7-16H2,1-6H3/t17-,20+,21-,22-,23+,24+,25+,27+,28-,29-/m0/s1. The van der Waals surface area contributed by atoms with Crippen LogP contribution in [0.4, 0.5) is 0 Å². The van der Waals surface area contributed by atoms with E-state index in [1.807, 2.05) is 0 Å². The minimum absolute atomic E-state index is 0.0134. The number of rotatable bonds is 6. The molecule has 35 heavy (non-hydrogen) atoms. The van der Waals surface area contributed by atoms with Crippen molar-refractivity contribution in [2.24, 2.45) is 46.3 Å². The first kappa shape index (κ1) is 26.5. The maximum atomic E-state index is 12.2. The van der Waals surface area contributed by atoms with Gasteiger partial charge < -0.3 is 14.2 Å². The van der Waals surface area contributed by atoms with Crippen LogP contribution in [0.25, 0.3) is 0 Å². The summed E-state index contributed by atoms with van der Waals surface area (Å²) < 4.78 is 16.6. The second-order valence-electron chi connectivity index (χ2n) is 12.7. The molecule has 0 aromatic carbocycles. The van der Waals surface area contributed by atoms with E-state index < -0.39 is 0 Å². The molecule has 0 aromatic heterocycles. The van der Waals surface area contributed by atoms with Crippen LogP contribution in [0.15, 0.2) is 0 Å². The van der Waals surface area contributed by atoms with Gasteiger partial charge in [-0.25, -0.2) is 0 Å². The smallest absolute Gasteiger partial charge is 0.305 e. The normalized spacial score (nSPS) is 43.2. The van der Waals surface area contributed by atoms with Crippen LogP contribution >= 0.6 is 0 Å². The first-order valence-electron chi connectivity index (χ1n) is 13.9. The Morgan fingerprint density at radius 1 is 0.886 bits per heavy atom. The maximum absolute atomic E-state index is 12.2. The third-order valence-corrected chi connectivity index (χ3v) is 11.1. The molecule has 0 aromatic rings. The van der Waals surface area contributed by atoms with E-state index in [1.165, 1.54) is 39.7 Å². The van der Waals surface area contributed by atoms with Crippen molar-refractivity contribution in [2.45, 2.75) is 111 Å². The lowest BCUT2D eigenvalue weighted by Gasteiger charge is -2.62. The predicted octanol–water partition coefficient (Wildman–Crippen LogP) is 5.71. The minimum atomic E-state index is -0.199. The van der Waals surface area contributed by atoms with Gasteiger partial charge in [-0.05, 0) is 98.2 Å². The summed E-state index contributed by atoms with van der Waals surface area (Å²) >= 11 is 0. The second-order valence-corrected chi connectivity index (χ2v) is 12.7. The van der Waals surface area contributed by atoms with E-state index in [1.54, 1.807) is 6.92 Å². The summed E-state index contributed by atoms with van der Waals surface area (Å²) in [7, 11) is 1.47. The van der Waals surface area contributed by atoms with Crippen molar-refractivity contribution in [3.8, 4) is 0 Å². The zero-order valence-electron chi connectivity index (χ0n) is 22.6. The van der Waals surface area contributed by atoms with Gasteiger partial charge in [0, 0.05) is 26.2 Å². The molecule has 6 nitrogen and oxygen atoms in total. The van der Waals surface area contributed by atoms with Crippen LogP contribution in [0.5, 0.6) is 0 Å². The number of methoxy groups -OCH3 is 1. The largest absolute Gasteiger partial charge is 0.469 e. The van der Waals surface area contributed by atoms with E-state index >= 15 is 0 Å². The van der Waals surface area contributed by atoms with Crippen LogP contribution in [0.3, 0.4) is 0 Å². The van der Waals surface area contributed by atoms with Crippen LogP contribution in [0, 0.1) is 46.3 Å². The van der Waals surface area contributed by atoms with Crippen LogP contribution < -0.4 is 0 Å².